The molecule has 0 atom stereocenters. The highest BCUT2D eigenvalue weighted by Gasteiger charge is 2.20. The van der Waals surface area contributed by atoms with Crippen LogP contribution in [0.25, 0.3) is 0 Å². The van der Waals surface area contributed by atoms with Crippen molar-refractivity contribution in [2.24, 2.45) is 0 Å². The lowest BCUT2D eigenvalue weighted by atomic mass is 10.2. The number of rotatable bonds is 8. The monoisotopic (exact) mass is 438 g/mol. The van der Waals surface area contributed by atoms with E-state index in [2.05, 4.69) is 54.1 Å². The van der Waals surface area contributed by atoms with Gasteiger partial charge in [-0.05, 0) is 29.8 Å². The predicted octanol–water partition coefficient (Wildman–Crippen LogP) is 2.07. The van der Waals surface area contributed by atoms with Gasteiger partial charge < -0.3 is 23.9 Å². The molecule has 1 aliphatic heterocycles. The van der Waals surface area contributed by atoms with E-state index in [1.807, 2.05) is 14.1 Å². The first kappa shape index (κ1) is 22.0. The number of fused-ring (bicyclic) bond motifs is 1. The van der Waals surface area contributed by atoms with E-state index >= 15 is 0 Å². The minimum Gasteiger partial charge on any atom is -0.453 e. The number of furan rings is 1. The lowest BCUT2D eigenvalue weighted by molar-refractivity contribution is 0.0913. The van der Waals surface area contributed by atoms with Gasteiger partial charge in [-0.1, -0.05) is 12.1 Å². The molecule has 0 saturated heterocycles. The molecule has 0 bridgehead atoms. The van der Waals surface area contributed by atoms with E-state index < -0.39 is 0 Å². The normalized spacial score (nSPS) is 14.1. The summed E-state index contributed by atoms with van der Waals surface area (Å²) in [5, 5.41) is 11.5. The Bertz CT molecular complexity index is 1040. The largest absolute Gasteiger partial charge is 0.453 e. The fraction of sp³-hybridized carbons (Fsp3) is 0.435. The molecule has 9 heteroatoms. The molecule has 1 N–H and O–H groups in total. The van der Waals surface area contributed by atoms with Gasteiger partial charge in [0.15, 0.2) is 11.6 Å². The third kappa shape index (κ3) is 5.17. The van der Waals surface area contributed by atoms with Crippen LogP contribution in [0, 0.1) is 0 Å². The SMILES string of the molecule is COCc1ccc(C(=O)NCc2nnc3n2CCN(Cc2ccc(N(C)C)cc2)CC3)o1. The molecular weight excluding hydrogens is 408 g/mol. The van der Waals surface area contributed by atoms with E-state index in [0.29, 0.717) is 18.9 Å². The van der Waals surface area contributed by atoms with Gasteiger partial charge in [-0.3, -0.25) is 9.69 Å². The number of methoxy groups -OCH3 is 1. The number of hydrogen-bond donors (Lipinski definition) is 1. The molecule has 170 valence electrons. The zero-order chi connectivity index (χ0) is 22.5. The molecule has 3 heterocycles. The van der Waals surface area contributed by atoms with Crippen LogP contribution in [0.3, 0.4) is 0 Å². The Morgan fingerprint density at radius 2 is 1.94 bits per heavy atom. The minimum absolute atomic E-state index is 0.263. The maximum Gasteiger partial charge on any atom is 0.287 e. The highest BCUT2D eigenvalue weighted by Crippen LogP contribution is 2.16. The minimum atomic E-state index is -0.277. The average Bonchev–Trinajstić information content (AvgIpc) is 3.36. The number of aromatic nitrogens is 3. The number of carbonyl (C=O) groups excluding carboxylic acids is 1. The van der Waals surface area contributed by atoms with Gasteiger partial charge >= 0.3 is 0 Å². The first-order valence-corrected chi connectivity index (χ1v) is 10.8. The molecule has 0 fully saturated rings. The second-order valence-corrected chi connectivity index (χ2v) is 8.15. The summed E-state index contributed by atoms with van der Waals surface area (Å²) in [5.41, 5.74) is 2.50. The lowest BCUT2D eigenvalue weighted by Gasteiger charge is -2.20. The van der Waals surface area contributed by atoms with Gasteiger partial charge in [-0.25, -0.2) is 0 Å². The number of benzene rings is 1. The topological polar surface area (TPSA) is 88.7 Å². The highest BCUT2D eigenvalue weighted by molar-refractivity contribution is 5.91. The smallest absolute Gasteiger partial charge is 0.287 e. The van der Waals surface area contributed by atoms with Gasteiger partial charge in [-0.2, -0.15) is 0 Å². The van der Waals surface area contributed by atoms with E-state index in [1.165, 1.54) is 11.3 Å². The van der Waals surface area contributed by atoms with Crippen molar-refractivity contribution in [1.82, 2.24) is 25.0 Å². The summed E-state index contributed by atoms with van der Waals surface area (Å²) in [7, 11) is 5.68. The number of carbonyl (C=O) groups is 1. The van der Waals surface area contributed by atoms with Crippen molar-refractivity contribution in [1.29, 1.82) is 0 Å². The van der Waals surface area contributed by atoms with E-state index in [1.54, 1.807) is 19.2 Å². The van der Waals surface area contributed by atoms with Crippen molar-refractivity contribution in [3.05, 3.63) is 65.1 Å². The Labute approximate surface area is 188 Å². The molecule has 9 nitrogen and oxygen atoms in total. The Kier molecular flexibility index (Phi) is 6.87. The number of amides is 1. The van der Waals surface area contributed by atoms with Crippen molar-refractivity contribution < 1.29 is 13.9 Å². The van der Waals surface area contributed by atoms with E-state index in [0.717, 1.165) is 44.2 Å². The summed E-state index contributed by atoms with van der Waals surface area (Å²) in [4.78, 5) is 16.9. The van der Waals surface area contributed by atoms with Gasteiger partial charge in [0, 0.05) is 59.5 Å². The van der Waals surface area contributed by atoms with Crippen molar-refractivity contribution in [2.45, 2.75) is 32.7 Å². The fourth-order valence-corrected chi connectivity index (χ4v) is 3.84. The second kappa shape index (κ2) is 9.97. The standard InChI is InChI=1S/C23H30N6O3/c1-27(2)18-6-4-17(5-7-18)15-28-11-10-21-25-26-22(29(21)13-12-28)14-24-23(30)20-9-8-19(32-20)16-31-3/h4-9H,10-16H2,1-3H3,(H,24,30). The summed E-state index contributed by atoms with van der Waals surface area (Å²) in [5.74, 6) is 2.32. The number of anilines is 1. The Morgan fingerprint density at radius 1 is 1.12 bits per heavy atom. The van der Waals surface area contributed by atoms with Crippen molar-refractivity contribution in [2.75, 3.05) is 39.2 Å². The summed E-state index contributed by atoms with van der Waals surface area (Å²) in [6.07, 6.45) is 0.829. The first-order chi connectivity index (χ1) is 15.5. The maximum absolute atomic E-state index is 12.4. The summed E-state index contributed by atoms with van der Waals surface area (Å²) in [6, 6.07) is 12.1. The van der Waals surface area contributed by atoms with E-state index in [4.69, 9.17) is 9.15 Å². The van der Waals surface area contributed by atoms with Gasteiger partial charge in [0.1, 0.15) is 18.2 Å². The maximum atomic E-state index is 12.4. The summed E-state index contributed by atoms with van der Waals surface area (Å²) >= 11 is 0. The van der Waals surface area contributed by atoms with Crippen LogP contribution >= 0.6 is 0 Å². The van der Waals surface area contributed by atoms with Crippen LogP contribution in [-0.4, -0.2) is 59.9 Å². The van der Waals surface area contributed by atoms with E-state index in [-0.39, 0.29) is 11.7 Å². The van der Waals surface area contributed by atoms with Crippen molar-refractivity contribution >= 4 is 11.6 Å². The van der Waals surface area contributed by atoms with Gasteiger partial charge in [0.2, 0.25) is 0 Å². The Hall–Kier alpha value is -3.17. The van der Waals surface area contributed by atoms with Gasteiger partial charge in [-0.15, -0.1) is 10.2 Å². The van der Waals surface area contributed by atoms with Gasteiger partial charge in [0.25, 0.3) is 5.91 Å². The van der Waals surface area contributed by atoms with Crippen molar-refractivity contribution in [3.8, 4) is 0 Å². The molecular formula is C23H30N6O3. The molecule has 0 aliphatic carbocycles. The Morgan fingerprint density at radius 3 is 2.69 bits per heavy atom. The summed E-state index contributed by atoms with van der Waals surface area (Å²) < 4.78 is 12.6. The Balaban J connectivity index is 1.33. The molecule has 2 aromatic heterocycles. The third-order valence-corrected chi connectivity index (χ3v) is 5.63. The van der Waals surface area contributed by atoms with Crippen LogP contribution in [0.1, 0.15) is 33.5 Å². The molecule has 1 amide bonds. The van der Waals surface area contributed by atoms with Crippen LogP contribution in [0.4, 0.5) is 5.69 Å². The fourth-order valence-electron chi connectivity index (χ4n) is 3.84. The molecule has 0 radical (unpaired) electrons. The van der Waals surface area contributed by atoms with Crippen LogP contribution in [0.15, 0.2) is 40.8 Å². The molecule has 1 aromatic carbocycles. The molecule has 0 spiro atoms. The second-order valence-electron chi connectivity index (χ2n) is 8.15. The van der Waals surface area contributed by atoms with Crippen molar-refractivity contribution in [3.63, 3.8) is 0 Å². The predicted molar refractivity (Wildman–Crippen MR) is 120 cm³/mol. The molecule has 0 unspecified atom stereocenters. The van der Waals surface area contributed by atoms with Crippen LogP contribution in [0.2, 0.25) is 0 Å². The average molecular weight is 439 g/mol. The molecule has 4 rings (SSSR count). The third-order valence-electron chi connectivity index (χ3n) is 5.63. The van der Waals surface area contributed by atoms with Gasteiger partial charge in [0.05, 0.1) is 6.54 Å². The molecule has 32 heavy (non-hydrogen) atoms. The zero-order valence-corrected chi connectivity index (χ0v) is 18.9. The number of nitrogens with zero attached hydrogens (tertiary/aromatic N) is 5. The summed E-state index contributed by atoms with van der Waals surface area (Å²) in [6.45, 7) is 4.16. The zero-order valence-electron chi connectivity index (χ0n) is 18.9. The molecule has 1 aliphatic rings. The molecule has 3 aromatic rings. The lowest BCUT2D eigenvalue weighted by Crippen LogP contribution is -2.28. The van der Waals surface area contributed by atoms with E-state index in [9.17, 15) is 4.79 Å². The van der Waals surface area contributed by atoms with Crippen LogP contribution in [0.5, 0.6) is 0 Å². The highest BCUT2D eigenvalue weighted by atomic mass is 16.5. The van der Waals surface area contributed by atoms with Crippen LogP contribution in [-0.2, 0) is 37.4 Å². The quantitative estimate of drug-likeness (QED) is 0.576. The number of ether oxygens (including phenoxy) is 1. The first-order valence-electron chi connectivity index (χ1n) is 10.8. The number of hydrogen-bond acceptors (Lipinski definition) is 7. The molecule has 0 saturated carbocycles. The number of nitrogens with one attached hydrogen (secondary N) is 1. The van der Waals surface area contributed by atoms with Crippen LogP contribution < -0.4 is 10.2 Å².